The van der Waals surface area contributed by atoms with E-state index in [9.17, 15) is 10.1 Å². The second-order valence-electron chi connectivity index (χ2n) is 5.38. The molecule has 1 saturated heterocycles. The minimum absolute atomic E-state index is 0.0356. The average Bonchev–Trinajstić information content (AvgIpc) is 2.48. The Morgan fingerprint density at radius 2 is 2.15 bits per heavy atom. The number of nitrogens with two attached hydrogens (primary N) is 1. The van der Waals surface area contributed by atoms with Gasteiger partial charge < -0.3 is 5.43 Å². The summed E-state index contributed by atoms with van der Waals surface area (Å²) in [7, 11) is 0. The lowest BCUT2D eigenvalue weighted by Gasteiger charge is -2.31. The van der Waals surface area contributed by atoms with E-state index in [0.717, 1.165) is 31.1 Å². The molecule has 1 fully saturated rings. The first-order valence-corrected chi connectivity index (χ1v) is 7.10. The molecule has 0 radical (unpaired) electrons. The second kappa shape index (κ2) is 6.67. The molecule has 0 amide bonds. The van der Waals surface area contributed by atoms with Gasteiger partial charge in [0, 0.05) is 12.6 Å². The van der Waals surface area contributed by atoms with Crippen molar-refractivity contribution >= 4 is 11.4 Å². The first kappa shape index (κ1) is 14.7. The van der Waals surface area contributed by atoms with Gasteiger partial charge in [-0.1, -0.05) is 19.4 Å². The Hall–Kier alpha value is -1.66. The first-order chi connectivity index (χ1) is 9.63. The first-order valence-electron chi connectivity index (χ1n) is 7.10. The summed E-state index contributed by atoms with van der Waals surface area (Å²) < 4.78 is 0. The van der Waals surface area contributed by atoms with Crippen molar-refractivity contribution in [3.63, 3.8) is 0 Å². The van der Waals surface area contributed by atoms with Gasteiger partial charge in [0.2, 0.25) is 0 Å². The summed E-state index contributed by atoms with van der Waals surface area (Å²) in [6.07, 6.45) is 3.69. The number of nitrogen functional groups attached to an aromatic ring is 1. The van der Waals surface area contributed by atoms with Crippen LogP contribution in [0, 0.1) is 16.0 Å². The highest BCUT2D eigenvalue weighted by molar-refractivity contribution is 5.61. The van der Waals surface area contributed by atoms with Crippen LogP contribution in [0.15, 0.2) is 18.2 Å². The Labute approximate surface area is 119 Å². The molecule has 1 aliphatic rings. The van der Waals surface area contributed by atoms with Gasteiger partial charge in [-0.2, -0.15) is 0 Å². The minimum atomic E-state index is -0.401. The largest absolute Gasteiger partial charge is 0.318 e. The molecular formula is C14H22N4O2. The molecule has 0 atom stereocenters. The van der Waals surface area contributed by atoms with Crippen molar-refractivity contribution in [2.24, 2.45) is 11.8 Å². The zero-order valence-corrected chi connectivity index (χ0v) is 11.8. The van der Waals surface area contributed by atoms with Crippen molar-refractivity contribution in [1.82, 2.24) is 4.90 Å². The van der Waals surface area contributed by atoms with Crippen LogP contribution in [0.3, 0.4) is 0 Å². The number of hydrogen-bond acceptors (Lipinski definition) is 5. The molecule has 0 spiro atoms. The summed E-state index contributed by atoms with van der Waals surface area (Å²) in [4.78, 5) is 13.0. The van der Waals surface area contributed by atoms with E-state index in [-0.39, 0.29) is 5.69 Å². The van der Waals surface area contributed by atoms with Gasteiger partial charge in [0.1, 0.15) is 5.69 Å². The fourth-order valence-electron chi connectivity index (χ4n) is 2.76. The molecule has 0 unspecified atom stereocenters. The minimum Gasteiger partial charge on any atom is -0.318 e. The molecular weight excluding hydrogens is 256 g/mol. The van der Waals surface area contributed by atoms with Crippen LogP contribution < -0.4 is 11.3 Å². The van der Waals surface area contributed by atoms with Crippen molar-refractivity contribution in [3.8, 4) is 0 Å². The van der Waals surface area contributed by atoms with Gasteiger partial charge in [0.15, 0.2) is 0 Å². The third-order valence-corrected chi connectivity index (χ3v) is 4.11. The number of piperidine rings is 1. The predicted octanol–water partition coefficient (Wildman–Crippen LogP) is 2.50. The zero-order valence-electron chi connectivity index (χ0n) is 11.8. The third kappa shape index (κ3) is 3.46. The van der Waals surface area contributed by atoms with Crippen molar-refractivity contribution < 1.29 is 4.92 Å². The maximum atomic E-state index is 11.0. The standard InChI is InChI=1S/C14H22N4O2/c1-2-11-5-7-17(8-6-11)10-12-3-4-13(16-15)14(9-12)18(19)20/h3-4,9,11,16H,2,5-8,10,15H2,1H3. The molecule has 0 aliphatic carbocycles. The van der Waals surface area contributed by atoms with Crippen LogP contribution in [0.4, 0.5) is 11.4 Å². The average molecular weight is 278 g/mol. The fourth-order valence-corrected chi connectivity index (χ4v) is 2.76. The molecule has 0 saturated carbocycles. The Balaban J connectivity index is 2.03. The molecule has 0 bridgehead atoms. The molecule has 2 rings (SSSR count). The summed E-state index contributed by atoms with van der Waals surface area (Å²) in [6.45, 7) is 5.15. The van der Waals surface area contributed by atoms with E-state index in [1.54, 1.807) is 12.1 Å². The summed E-state index contributed by atoms with van der Waals surface area (Å²) in [6, 6.07) is 5.18. The molecule has 1 aromatic carbocycles. The van der Waals surface area contributed by atoms with Crippen molar-refractivity contribution in [3.05, 3.63) is 33.9 Å². The molecule has 1 heterocycles. The van der Waals surface area contributed by atoms with Crippen LogP contribution in [0.25, 0.3) is 0 Å². The van der Waals surface area contributed by atoms with Gasteiger partial charge in [-0.15, -0.1) is 0 Å². The van der Waals surface area contributed by atoms with E-state index < -0.39 is 4.92 Å². The summed E-state index contributed by atoms with van der Waals surface area (Å²) in [5.74, 6) is 6.13. The summed E-state index contributed by atoms with van der Waals surface area (Å²) in [5.41, 5.74) is 3.72. The topological polar surface area (TPSA) is 84.4 Å². The summed E-state index contributed by atoms with van der Waals surface area (Å²) >= 11 is 0. The van der Waals surface area contributed by atoms with Crippen LogP contribution in [0.2, 0.25) is 0 Å². The van der Waals surface area contributed by atoms with Crippen LogP contribution in [-0.4, -0.2) is 22.9 Å². The van der Waals surface area contributed by atoms with Crippen LogP contribution in [-0.2, 0) is 6.54 Å². The quantitative estimate of drug-likeness (QED) is 0.491. The van der Waals surface area contributed by atoms with Crippen LogP contribution >= 0.6 is 0 Å². The van der Waals surface area contributed by atoms with E-state index in [2.05, 4.69) is 17.2 Å². The lowest BCUT2D eigenvalue weighted by molar-refractivity contribution is -0.384. The molecule has 3 N–H and O–H groups in total. The highest BCUT2D eigenvalue weighted by Gasteiger charge is 2.19. The Kier molecular flexibility index (Phi) is 4.92. The fraction of sp³-hybridized carbons (Fsp3) is 0.571. The Bertz CT molecular complexity index is 470. The lowest BCUT2D eigenvalue weighted by Crippen LogP contribution is -2.33. The zero-order chi connectivity index (χ0) is 14.5. The second-order valence-corrected chi connectivity index (χ2v) is 5.38. The number of hydrazine groups is 1. The molecule has 6 heteroatoms. The smallest absolute Gasteiger partial charge is 0.293 e. The Morgan fingerprint density at radius 1 is 1.45 bits per heavy atom. The van der Waals surface area contributed by atoms with Gasteiger partial charge in [-0.25, -0.2) is 0 Å². The normalized spacial score (nSPS) is 17.1. The number of benzene rings is 1. The Morgan fingerprint density at radius 3 is 2.70 bits per heavy atom. The van der Waals surface area contributed by atoms with E-state index >= 15 is 0 Å². The SMILES string of the molecule is CCC1CCN(Cc2ccc(NN)c([N+](=O)[O-])c2)CC1. The molecule has 1 aromatic rings. The van der Waals surface area contributed by atoms with E-state index in [1.807, 2.05) is 6.07 Å². The van der Waals surface area contributed by atoms with Crippen molar-refractivity contribution in [2.45, 2.75) is 32.7 Å². The maximum Gasteiger partial charge on any atom is 0.293 e. The number of nitrogens with one attached hydrogen (secondary N) is 1. The van der Waals surface area contributed by atoms with Crippen LogP contribution in [0.1, 0.15) is 31.7 Å². The van der Waals surface area contributed by atoms with E-state index in [1.165, 1.54) is 19.3 Å². The molecule has 1 aliphatic heterocycles. The number of likely N-dealkylation sites (tertiary alicyclic amines) is 1. The monoisotopic (exact) mass is 278 g/mol. The number of hydrogen-bond donors (Lipinski definition) is 2. The van der Waals surface area contributed by atoms with Gasteiger partial charge in [0.05, 0.1) is 4.92 Å². The summed E-state index contributed by atoms with van der Waals surface area (Å²) in [5, 5.41) is 11.0. The van der Waals surface area contributed by atoms with E-state index in [0.29, 0.717) is 5.69 Å². The van der Waals surface area contributed by atoms with Crippen molar-refractivity contribution in [1.29, 1.82) is 0 Å². The van der Waals surface area contributed by atoms with E-state index in [4.69, 9.17) is 5.84 Å². The highest BCUT2D eigenvalue weighted by Crippen LogP contribution is 2.26. The van der Waals surface area contributed by atoms with Crippen LogP contribution in [0.5, 0.6) is 0 Å². The predicted molar refractivity (Wildman–Crippen MR) is 79.2 cm³/mol. The number of nitrogens with zero attached hydrogens (tertiary/aromatic N) is 2. The third-order valence-electron chi connectivity index (χ3n) is 4.11. The maximum absolute atomic E-state index is 11.0. The molecule has 0 aromatic heterocycles. The molecule has 6 nitrogen and oxygen atoms in total. The van der Waals surface area contributed by atoms with Gasteiger partial charge >= 0.3 is 0 Å². The number of rotatable bonds is 5. The number of anilines is 1. The number of nitro benzene ring substituents is 1. The van der Waals surface area contributed by atoms with Gasteiger partial charge in [-0.3, -0.25) is 20.9 Å². The number of nitro groups is 1. The van der Waals surface area contributed by atoms with Crippen molar-refractivity contribution in [2.75, 3.05) is 18.5 Å². The van der Waals surface area contributed by atoms with Gasteiger partial charge in [-0.05, 0) is 43.5 Å². The lowest BCUT2D eigenvalue weighted by atomic mass is 9.94. The molecule has 20 heavy (non-hydrogen) atoms. The van der Waals surface area contributed by atoms with Gasteiger partial charge in [0.25, 0.3) is 5.69 Å². The molecule has 110 valence electrons. The highest BCUT2D eigenvalue weighted by atomic mass is 16.6.